The van der Waals surface area contributed by atoms with Gasteiger partial charge in [0.2, 0.25) is 0 Å². The maximum atomic E-state index is 4.32. The molecule has 0 fully saturated rings. The average molecular weight is 521 g/mol. The van der Waals surface area contributed by atoms with E-state index in [1.165, 1.54) is 16.0 Å². The van der Waals surface area contributed by atoms with Crippen molar-refractivity contribution in [1.82, 2.24) is 20.2 Å². The van der Waals surface area contributed by atoms with Gasteiger partial charge in [0.15, 0.2) is 5.96 Å². The fraction of sp³-hybridized carbons (Fsp3) is 0.273. The van der Waals surface area contributed by atoms with Crippen molar-refractivity contribution in [3.63, 3.8) is 0 Å². The maximum Gasteiger partial charge on any atom is 0.191 e. The molecule has 0 saturated heterocycles. The summed E-state index contributed by atoms with van der Waals surface area (Å²) in [6.07, 6.45) is 5.61. The predicted molar refractivity (Wildman–Crippen MR) is 133 cm³/mol. The van der Waals surface area contributed by atoms with Crippen molar-refractivity contribution in [1.29, 1.82) is 0 Å². The lowest BCUT2D eigenvalue weighted by atomic mass is 10.1. The van der Waals surface area contributed by atoms with Gasteiger partial charge in [0.05, 0.1) is 6.33 Å². The van der Waals surface area contributed by atoms with Gasteiger partial charge in [-0.2, -0.15) is 0 Å². The molecule has 29 heavy (non-hydrogen) atoms. The molecule has 7 heteroatoms. The molecule has 0 radical (unpaired) electrons. The highest BCUT2D eigenvalue weighted by Gasteiger charge is 2.06. The molecule has 2 N–H and O–H groups in total. The Morgan fingerprint density at radius 2 is 1.79 bits per heavy atom. The molecular weight excluding hydrogens is 493 g/mol. The first-order chi connectivity index (χ1) is 13.7. The number of aliphatic imine (C=N–C) groups is 1. The first-order valence-electron chi connectivity index (χ1n) is 9.42. The van der Waals surface area contributed by atoms with Gasteiger partial charge in [-0.05, 0) is 23.3 Å². The number of nitrogens with zero attached hydrogens (tertiary/aromatic N) is 3. The summed E-state index contributed by atoms with van der Waals surface area (Å²) in [4.78, 5) is 9.69. The zero-order chi connectivity index (χ0) is 19.6. The molecule has 0 aliphatic carbocycles. The monoisotopic (exact) mass is 521 g/mol. The van der Waals surface area contributed by atoms with Crippen LogP contribution in [0, 0.1) is 0 Å². The van der Waals surface area contributed by atoms with Crippen LogP contribution >= 0.6 is 35.7 Å². The zero-order valence-electron chi connectivity index (χ0n) is 16.8. The maximum absolute atomic E-state index is 4.32. The number of benzene rings is 2. The fourth-order valence-electron chi connectivity index (χ4n) is 2.77. The summed E-state index contributed by atoms with van der Waals surface area (Å²) in [5.74, 6) is 0.822. The van der Waals surface area contributed by atoms with Crippen LogP contribution in [0.15, 0.2) is 83.2 Å². The van der Waals surface area contributed by atoms with Crippen LogP contribution in [0.4, 0.5) is 0 Å². The summed E-state index contributed by atoms with van der Waals surface area (Å²) in [6, 6.07) is 19.1. The van der Waals surface area contributed by atoms with Crippen LogP contribution < -0.4 is 10.6 Å². The third-order valence-electron chi connectivity index (χ3n) is 4.27. The summed E-state index contributed by atoms with van der Waals surface area (Å²) in [7, 11) is 1.80. The van der Waals surface area contributed by atoms with Gasteiger partial charge >= 0.3 is 0 Å². The number of thioether (sulfide) groups is 1. The number of imidazole rings is 1. The highest BCUT2D eigenvalue weighted by Crippen LogP contribution is 2.21. The van der Waals surface area contributed by atoms with Gasteiger partial charge in [0, 0.05) is 49.2 Å². The highest BCUT2D eigenvalue weighted by molar-refractivity contribution is 14.0. The SMILES string of the molecule is CN=C(NCc1ccc(Cn2ccnc2)cc1)NCC(C)Sc1ccccc1.I. The van der Waals surface area contributed by atoms with E-state index in [0.29, 0.717) is 5.25 Å². The summed E-state index contributed by atoms with van der Waals surface area (Å²) in [5.41, 5.74) is 2.49. The second-order valence-electron chi connectivity index (χ2n) is 6.60. The van der Waals surface area contributed by atoms with Gasteiger partial charge in [-0.25, -0.2) is 4.98 Å². The van der Waals surface area contributed by atoms with Gasteiger partial charge in [-0.15, -0.1) is 35.7 Å². The van der Waals surface area contributed by atoms with E-state index in [4.69, 9.17) is 0 Å². The molecule has 1 unspecified atom stereocenters. The molecule has 3 rings (SSSR count). The number of aromatic nitrogens is 2. The molecule has 0 saturated carbocycles. The van der Waals surface area contributed by atoms with Crippen LogP contribution in [-0.2, 0) is 13.1 Å². The summed E-state index contributed by atoms with van der Waals surface area (Å²) in [5, 5.41) is 7.24. The van der Waals surface area contributed by atoms with E-state index in [2.05, 4.69) is 80.6 Å². The number of halogens is 1. The van der Waals surface area contributed by atoms with Crippen LogP contribution in [0.2, 0.25) is 0 Å². The Morgan fingerprint density at radius 1 is 1.07 bits per heavy atom. The van der Waals surface area contributed by atoms with Crippen molar-refractivity contribution in [2.45, 2.75) is 30.2 Å². The van der Waals surface area contributed by atoms with Crippen molar-refractivity contribution in [2.24, 2.45) is 4.99 Å². The highest BCUT2D eigenvalue weighted by atomic mass is 127. The van der Waals surface area contributed by atoms with Crippen LogP contribution in [0.5, 0.6) is 0 Å². The van der Waals surface area contributed by atoms with Gasteiger partial charge in [-0.3, -0.25) is 4.99 Å². The minimum absolute atomic E-state index is 0. The van der Waals surface area contributed by atoms with Crippen LogP contribution in [0.1, 0.15) is 18.1 Å². The van der Waals surface area contributed by atoms with Crippen LogP contribution in [0.25, 0.3) is 0 Å². The Labute approximate surface area is 194 Å². The van der Waals surface area contributed by atoms with Crippen molar-refractivity contribution in [2.75, 3.05) is 13.6 Å². The second kappa shape index (κ2) is 12.5. The summed E-state index contributed by atoms with van der Waals surface area (Å²) >= 11 is 1.86. The van der Waals surface area contributed by atoms with E-state index in [1.54, 1.807) is 13.2 Å². The predicted octanol–water partition coefficient (Wildman–Crippen LogP) is 4.40. The van der Waals surface area contributed by atoms with E-state index in [0.717, 1.165) is 25.6 Å². The van der Waals surface area contributed by atoms with Crippen molar-refractivity contribution in [3.05, 3.63) is 84.4 Å². The summed E-state index contributed by atoms with van der Waals surface area (Å²) in [6.45, 7) is 4.65. The first kappa shape index (κ1) is 23.3. The van der Waals surface area contributed by atoms with Crippen molar-refractivity contribution in [3.8, 4) is 0 Å². The van der Waals surface area contributed by atoms with Gasteiger partial charge < -0.3 is 15.2 Å². The Bertz CT molecular complexity index is 851. The van der Waals surface area contributed by atoms with Gasteiger partial charge in [-0.1, -0.05) is 49.4 Å². The molecule has 0 bridgehead atoms. The number of hydrogen-bond donors (Lipinski definition) is 2. The largest absolute Gasteiger partial charge is 0.355 e. The Kier molecular flexibility index (Phi) is 10.1. The minimum atomic E-state index is 0. The number of guanidine groups is 1. The molecule has 0 amide bonds. The third-order valence-corrected chi connectivity index (χ3v) is 5.38. The third kappa shape index (κ3) is 8.10. The molecule has 0 spiro atoms. The lowest BCUT2D eigenvalue weighted by Crippen LogP contribution is -2.39. The quantitative estimate of drug-likeness (QED) is 0.200. The Balaban J connectivity index is 0.00000300. The molecule has 5 nitrogen and oxygen atoms in total. The lowest BCUT2D eigenvalue weighted by Gasteiger charge is -2.16. The Hall–Kier alpha value is -2.00. The smallest absolute Gasteiger partial charge is 0.191 e. The molecule has 0 aliphatic heterocycles. The molecule has 3 aromatic rings. The van der Waals surface area contributed by atoms with Crippen molar-refractivity contribution < 1.29 is 0 Å². The lowest BCUT2D eigenvalue weighted by molar-refractivity contribution is 0.785. The first-order valence-corrected chi connectivity index (χ1v) is 10.3. The molecule has 1 heterocycles. The van der Waals surface area contributed by atoms with E-state index in [-0.39, 0.29) is 24.0 Å². The van der Waals surface area contributed by atoms with Crippen molar-refractivity contribution >= 4 is 41.7 Å². The van der Waals surface area contributed by atoms with E-state index < -0.39 is 0 Å². The van der Waals surface area contributed by atoms with Crippen LogP contribution in [-0.4, -0.2) is 34.4 Å². The van der Waals surface area contributed by atoms with E-state index in [1.807, 2.05) is 30.4 Å². The molecule has 1 atom stereocenters. The Morgan fingerprint density at radius 3 is 2.45 bits per heavy atom. The number of rotatable bonds is 8. The normalized spacial score (nSPS) is 12.1. The minimum Gasteiger partial charge on any atom is -0.355 e. The number of hydrogen-bond acceptors (Lipinski definition) is 3. The number of nitrogens with one attached hydrogen (secondary N) is 2. The topological polar surface area (TPSA) is 54.2 Å². The molecule has 1 aromatic heterocycles. The zero-order valence-corrected chi connectivity index (χ0v) is 19.9. The molecule has 2 aromatic carbocycles. The van der Waals surface area contributed by atoms with E-state index in [9.17, 15) is 0 Å². The van der Waals surface area contributed by atoms with Gasteiger partial charge in [0.25, 0.3) is 0 Å². The molecule has 0 aliphatic rings. The second-order valence-corrected chi connectivity index (χ2v) is 8.11. The van der Waals surface area contributed by atoms with E-state index >= 15 is 0 Å². The molecular formula is C22H28IN5S. The molecule has 154 valence electrons. The standard InChI is InChI=1S/C22H27N5S.HI/c1-18(28-21-6-4-3-5-7-21)14-25-22(23-2)26-15-19-8-10-20(11-9-19)16-27-13-12-24-17-27;/h3-13,17-18H,14-16H2,1-2H3,(H2,23,25,26);1H. The average Bonchev–Trinajstić information content (AvgIpc) is 3.23. The summed E-state index contributed by atoms with van der Waals surface area (Å²) < 4.78 is 2.06. The van der Waals surface area contributed by atoms with Gasteiger partial charge in [0.1, 0.15) is 0 Å². The van der Waals surface area contributed by atoms with Crippen LogP contribution in [0.3, 0.4) is 0 Å². The fourth-order valence-corrected chi connectivity index (χ4v) is 3.72.